The van der Waals surface area contributed by atoms with E-state index < -0.39 is 12.1 Å². The number of nitrogens with zero attached hydrogens (tertiary/aromatic N) is 5. The van der Waals surface area contributed by atoms with Gasteiger partial charge in [0.15, 0.2) is 0 Å². The molecule has 0 fully saturated rings. The van der Waals surface area contributed by atoms with E-state index in [1.54, 1.807) is 68.6 Å². The van der Waals surface area contributed by atoms with Crippen molar-refractivity contribution >= 4 is 46.3 Å². The number of aliphatic imine (C=N–C) groups is 1. The van der Waals surface area contributed by atoms with Crippen LogP contribution in [0.15, 0.2) is 65.8 Å². The summed E-state index contributed by atoms with van der Waals surface area (Å²) in [5, 5.41) is 3.32. The fraction of sp³-hybridized carbons (Fsp3) is 0.290. The van der Waals surface area contributed by atoms with Gasteiger partial charge in [-0.3, -0.25) is 14.5 Å². The molecule has 44 heavy (non-hydrogen) atoms. The predicted molar refractivity (Wildman–Crippen MR) is 166 cm³/mol. The Hall–Kier alpha value is -5.46. The third-order valence-corrected chi connectivity index (χ3v) is 6.65. The van der Waals surface area contributed by atoms with E-state index in [0.717, 1.165) is 5.52 Å². The van der Waals surface area contributed by atoms with Crippen LogP contribution in [0.1, 0.15) is 42.0 Å². The summed E-state index contributed by atoms with van der Waals surface area (Å²) in [5.74, 6) is 0.948. The minimum absolute atomic E-state index is 0.0107. The number of anilines is 2. The van der Waals surface area contributed by atoms with E-state index >= 15 is 0 Å². The van der Waals surface area contributed by atoms with E-state index in [-0.39, 0.29) is 37.9 Å². The number of aryl methyl sites for hydroxylation is 1. The van der Waals surface area contributed by atoms with Crippen molar-refractivity contribution in [1.82, 2.24) is 14.5 Å². The topological polar surface area (TPSA) is 163 Å². The summed E-state index contributed by atoms with van der Waals surface area (Å²) >= 11 is 0. The highest BCUT2D eigenvalue weighted by Gasteiger charge is 2.21. The third-order valence-electron chi connectivity index (χ3n) is 6.65. The van der Waals surface area contributed by atoms with Gasteiger partial charge in [0.25, 0.3) is 5.91 Å². The van der Waals surface area contributed by atoms with Gasteiger partial charge in [0.05, 0.1) is 50.0 Å². The fourth-order valence-electron chi connectivity index (χ4n) is 4.46. The van der Waals surface area contributed by atoms with Crippen molar-refractivity contribution < 1.29 is 28.6 Å². The second-order valence-corrected chi connectivity index (χ2v) is 9.45. The lowest BCUT2D eigenvalue weighted by Gasteiger charge is -2.21. The molecule has 0 aliphatic heterocycles. The van der Waals surface area contributed by atoms with Crippen LogP contribution in [0.2, 0.25) is 0 Å². The van der Waals surface area contributed by atoms with Crippen LogP contribution in [0.25, 0.3) is 11.0 Å². The molecule has 2 aromatic heterocycles. The molecule has 13 heteroatoms. The molecule has 0 radical (unpaired) electrons. The van der Waals surface area contributed by atoms with E-state index in [0.29, 0.717) is 46.3 Å². The first-order valence-electron chi connectivity index (χ1n) is 14.0. The van der Waals surface area contributed by atoms with Gasteiger partial charge in [0, 0.05) is 30.9 Å². The fourth-order valence-corrected chi connectivity index (χ4v) is 4.46. The number of carbonyl (C=O) groups is 3. The molecule has 0 unspecified atom stereocenters. The summed E-state index contributed by atoms with van der Waals surface area (Å²) < 4.78 is 17.3. The summed E-state index contributed by atoms with van der Waals surface area (Å²) in [5.41, 5.74) is 9.01. The molecular formula is C31H35N7O6. The number of amides is 2. The number of methoxy groups -OCH3 is 1. The minimum atomic E-state index is -0.765. The van der Waals surface area contributed by atoms with Gasteiger partial charge in [-0.05, 0) is 62.4 Å². The zero-order valence-electron chi connectivity index (χ0n) is 25.1. The normalized spacial score (nSPS) is 11.2. The smallest absolute Gasteiger partial charge is 0.435 e. The number of amidine groups is 1. The van der Waals surface area contributed by atoms with Crippen molar-refractivity contribution in [1.29, 1.82) is 0 Å². The number of hydrogen-bond donors (Lipinski definition) is 2. The van der Waals surface area contributed by atoms with Gasteiger partial charge in [-0.15, -0.1) is 0 Å². The molecule has 13 nitrogen and oxygen atoms in total. The lowest BCUT2D eigenvalue weighted by molar-refractivity contribution is -0.142. The summed E-state index contributed by atoms with van der Waals surface area (Å²) in [6, 6.07) is 15.7. The largest absolute Gasteiger partial charge is 0.495 e. The molecule has 2 aromatic carbocycles. The number of fused-ring (bicyclic) bond motifs is 1. The van der Waals surface area contributed by atoms with Crippen LogP contribution in [0.3, 0.4) is 0 Å². The maximum absolute atomic E-state index is 13.6. The number of pyridine rings is 1. The van der Waals surface area contributed by atoms with Gasteiger partial charge in [0.1, 0.15) is 23.2 Å². The molecule has 2 amide bonds. The molecule has 0 spiro atoms. The van der Waals surface area contributed by atoms with Crippen LogP contribution in [0.5, 0.6) is 5.75 Å². The molecule has 4 aromatic rings. The Morgan fingerprint density at radius 3 is 2.50 bits per heavy atom. The highest BCUT2D eigenvalue weighted by molar-refractivity contribution is 6.07. The minimum Gasteiger partial charge on any atom is -0.495 e. The van der Waals surface area contributed by atoms with E-state index in [9.17, 15) is 14.4 Å². The van der Waals surface area contributed by atoms with Gasteiger partial charge < -0.3 is 29.8 Å². The molecule has 0 saturated heterocycles. The number of carbonyl (C=O) groups excluding carboxylic acids is 3. The Balaban J connectivity index is 1.53. The van der Waals surface area contributed by atoms with E-state index in [1.807, 2.05) is 17.7 Å². The zero-order chi connectivity index (χ0) is 31.6. The lowest BCUT2D eigenvalue weighted by Crippen LogP contribution is -2.34. The monoisotopic (exact) mass is 601 g/mol. The van der Waals surface area contributed by atoms with Crippen molar-refractivity contribution in [3.63, 3.8) is 0 Å². The van der Waals surface area contributed by atoms with Crippen molar-refractivity contribution in [3.05, 3.63) is 77.7 Å². The zero-order valence-corrected chi connectivity index (χ0v) is 25.1. The lowest BCUT2D eigenvalue weighted by atomic mass is 10.1. The van der Waals surface area contributed by atoms with Crippen molar-refractivity contribution in [2.45, 2.75) is 26.8 Å². The molecule has 230 valence electrons. The Bertz CT molecular complexity index is 1670. The Kier molecular flexibility index (Phi) is 10.5. The molecule has 0 aliphatic carbocycles. The first-order chi connectivity index (χ1) is 21.2. The van der Waals surface area contributed by atoms with E-state index in [1.165, 1.54) is 12.0 Å². The number of imidazole rings is 1. The van der Waals surface area contributed by atoms with Crippen LogP contribution >= 0.6 is 0 Å². The number of ether oxygens (including phenoxy) is 3. The van der Waals surface area contributed by atoms with E-state index in [2.05, 4.69) is 15.3 Å². The van der Waals surface area contributed by atoms with Gasteiger partial charge in [-0.2, -0.15) is 4.99 Å². The molecular weight excluding hydrogens is 566 g/mol. The van der Waals surface area contributed by atoms with Crippen LogP contribution in [-0.2, 0) is 27.9 Å². The average Bonchev–Trinajstić information content (AvgIpc) is 3.34. The first-order valence-corrected chi connectivity index (χ1v) is 14.0. The maximum atomic E-state index is 13.6. The molecule has 0 bridgehead atoms. The molecule has 2 heterocycles. The molecule has 0 aliphatic rings. The second-order valence-electron chi connectivity index (χ2n) is 9.45. The summed E-state index contributed by atoms with van der Waals surface area (Å²) in [6.07, 6.45) is 0.863. The standard InChI is InChI=1S/C31H35N7O6/c1-5-43-28(39)14-16-38(26-9-7-8-15-33-26)30(40)21-11-13-24-23(17-21)35-27(37(24)3)19-34-22-12-10-20(18-25(22)42-4)29(32)36-31(41)44-6-2/h7-13,15,17-18,34H,5-6,14,16,19H2,1-4H3,(H2,32,36,41). The van der Waals surface area contributed by atoms with Gasteiger partial charge in [-0.1, -0.05) is 6.07 Å². The number of nitrogens with two attached hydrogens (primary N) is 1. The number of aromatic nitrogens is 3. The van der Waals surface area contributed by atoms with Gasteiger partial charge >= 0.3 is 12.1 Å². The average molecular weight is 602 g/mol. The Morgan fingerprint density at radius 2 is 1.80 bits per heavy atom. The van der Waals surface area contributed by atoms with Crippen LogP contribution < -0.4 is 20.7 Å². The molecule has 3 N–H and O–H groups in total. The van der Waals surface area contributed by atoms with Gasteiger partial charge in [-0.25, -0.2) is 14.8 Å². The Labute approximate surface area is 254 Å². The summed E-state index contributed by atoms with van der Waals surface area (Å²) in [4.78, 5) is 51.6. The highest BCUT2D eigenvalue weighted by Crippen LogP contribution is 2.27. The molecule has 0 saturated carbocycles. The second kappa shape index (κ2) is 14.6. The number of rotatable bonds is 12. The third kappa shape index (κ3) is 7.48. The first kappa shape index (κ1) is 31.5. The quantitative estimate of drug-likeness (QED) is 0.138. The van der Waals surface area contributed by atoms with Crippen LogP contribution in [0, 0.1) is 0 Å². The van der Waals surface area contributed by atoms with Crippen molar-refractivity contribution in [2.24, 2.45) is 17.8 Å². The van der Waals surface area contributed by atoms with E-state index in [4.69, 9.17) is 24.9 Å². The van der Waals surface area contributed by atoms with Crippen LogP contribution in [0.4, 0.5) is 16.3 Å². The molecule has 4 rings (SSSR count). The van der Waals surface area contributed by atoms with Crippen molar-refractivity contribution in [2.75, 3.05) is 37.1 Å². The predicted octanol–water partition coefficient (Wildman–Crippen LogP) is 4.05. The number of hydrogen-bond acceptors (Lipinski definition) is 9. The summed E-state index contributed by atoms with van der Waals surface area (Å²) in [6.45, 7) is 4.34. The van der Waals surface area contributed by atoms with Crippen molar-refractivity contribution in [3.8, 4) is 5.75 Å². The maximum Gasteiger partial charge on any atom is 0.435 e. The molecule has 0 atom stereocenters. The van der Waals surface area contributed by atoms with Gasteiger partial charge in [0.2, 0.25) is 0 Å². The highest BCUT2D eigenvalue weighted by atomic mass is 16.5. The summed E-state index contributed by atoms with van der Waals surface area (Å²) in [7, 11) is 3.41. The Morgan fingerprint density at radius 1 is 1.02 bits per heavy atom. The number of benzene rings is 2. The number of nitrogens with one attached hydrogen (secondary N) is 1. The van der Waals surface area contributed by atoms with Crippen LogP contribution in [-0.4, -0.2) is 65.2 Å². The SMILES string of the molecule is CCOC(=O)CCN(C(=O)c1ccc2c(c1)nc(CNc1ccc(C(N)=NC(=O)OCC)cc1OC)n2C)c1ccccn1. The number of esters is 1.